The number of nitrogen functional groups attached to an aromatic ring is 1. The van der Waals surface area contributed by atoms with Crippen molar-refractivity contribution in [3.8, 4) is 5.75 Å². The number of carbonyl (C=O) groups is 1. The first-order chi connectivity index (χ1) is 9.72. The molecule has 0 bridgehead atoms. The second-order valence-corrected chi connectivity index (χ2v) is 4.13. The molecule has 0 amide bonds. The smallest absolute Gasteiger partial charge is 0.340 e. The highest BCUT2D eigenvalue weighted by Gasteiger charge is 2.13. The van der Waals surface area contributed by atoms with Gasteiger partial charge in [-0.15, -0.1) is 0 Å². The highest BCUT2D eigenvalue weighted by molar-refractivity contribution is 5.96. The van der Waals surface area contributed by atoms with E-state index in [1.54, 1.807) is 24.4 Å². The van der Waals surface area contributed by atoms with Gasteiger partial charge in [-0.25, -0.2) is 4.79 Å². The van der Waals surface area contributed by atoms with Gasteiger partial charge in [0.05, 0.1) is 25.0 Å². The fourth-order valence-electron chi connectivity index (χ4n) is 1.77. The minimum Gasteiger partial charge on any atom is -0.491 e. The van der Waals surface area contributed by atoms with E-state index in [4.69, 9.17) is 10.5 Å². The van der Waals surface area contributed by atoms with Gasteiger partial charge in [-0.1, -0.05) is 12.1 Å². The van der Waals surface area contributed by atoms with Crippen molar-refractivity contribution < 1.29 is 14.3 Å². The van der Waals surface area contributed by atoms with E-state index in [2.05, 4.69) is 9.72 Å². The fraction of sp³-hybridized carbons (Fsp3) is 0.200. The molecule has 2 aromatic rings. The van der Waals surface area contributed by atoms with Crippen molar-refractivity contribution in [2.75, 3.05) is 19.5 Å². The lowest BCUT2D eigenvalue weighted by molar-refractivity contribution is 0.0601. The van der Waals surface area contributed by atoms with Gasteiger partial charge >= 0.3 is 5.97 Å². The van der Waals surface area contributed by atoms with Gasteiger partial charge < -0.3 is 15.2 Å². The third-order valence-corrected chi connectivity index (χ3v) is 2.81. The van der Waals surface area contributed by atoms with Gasteiger partial charge in [-0.3, -0.25) is 4.98 Å². The third-order valence-electron chi connectivity index (χ3n) is 2.81. The van der Waals surface area contributed by atoms with Crippen LogP contribution in [0.1, 0.15) is 16.1 Å². The van der Waals surface area contributed by atoms with Gasteiger partial charge in [0.25, 0.3) is 0 Å². The van der Waals surface area contributed by atoms with Gasteiger partial charge in [0.2, 0.25) is 0 Å². The lowest BCUT2D eigenvalue weighted by Crippen LogP contribution is -2.09. The summed E-state index contributed by atoms with van der Waals surface area (Å²) < 4.78 is 10.3. The first kappa shape index (κ1) is 13.9. The van der Waals surface area contributed by atoms with Gasteiger partial charge in [0, 0.05) is 18.3 Å². The molecular formula is C15H16N2O3. The van der Waals surface area contributed by atoms with E-state index in [-0.39, 0.29) is 0 Å². The number of hydrogen-bond donors (Lipinski definition) is 1. The van der Waals surface area contributed by atoms with E-state index in [9.17, 15) is 4.79 Å². The predicted octanol–water partition coefficient (Wildman–Crippen LogP) is 2.07. The molecule has 0 spiro atoms. The molecule has 0 saturated heterocycles. The standard InChI is InChI=1S/C15H16N2O3/c1-19-15(18)12-6-4-7-13(14(12)16)20-10-8-11-5-2-3-9-17-11/h2-7,9H,8,10,16H2,1H3. The summed E-state index contributed by atoms with van der Waals surface area (Å²) in [5.74, 6) is 0.00140. The molecule has 1 heterocycles. The number of anilines is 1. The second-order valence-electron chi connectivity index (χ2n) is 4.13. The minimum atomic E-state index is -0.474. The number of methoxy groups -OCH3 is 1. The Morgan fingerprint density at radius 1 is 1.25 bits per heavy atom. The van der Waals surface area contributed by atoms with E-state index < -0.39 is 5.97 Å². The van der Waals surface area contributed by atoms with Crippen LogP contribution < -0.4 is 10.5 Å². The number of esters is 1. The number of benzene rings is 1. The molecule has 5 nitrogen and oxygen atoms in total. The Hall–Kier alpha value is -2.56. The van der Waals surface area contributed by atoms with Crippen LogP contribution in [-0.4, -0.2) is 24.7 Å². The van der Waals surface area contributed by atoms with Crippen molar-refractivity contribution in [1.82, 2.24) is 4.98 Å². The summed E-state index contributed by atoms with van der Waals surface area (Å²) in [5.41, 5.74) is 7.44. The zero-order chi connectivity index (χ0) is 14.4. The molecular weight excluding hydrogens is 256 g/mol. The molecule has 0 aliphatic rings. The molecule has 0 atom stereocenters. The Balaban J connectivity index is 2.01. The largest absolute Gasteiger partial charge is 0.491 e. The Morgan fingerprint density at radius 2 is 2.10 bits per heavy atom. The topological polar surface area (TPSA) is 74.4 Å². The average Bonchev–Trinajstić information content (AvgIpc) is 2.49. The number of nitrogens with two attached hydrogens (primary N) is 1. The molecule has 1 aromatic carbocycles. The van der Waals surface area contributed by atoms with Crippen molar-refractivity contribution in [1.29, 1.82) is 0 Å². The van der Waals surface area contributed by atoms with Crippen LogP contribution in [0.15, 0.2) is 42.6 Å². The van der Waals surface area contributed by atoms with Crippen LogP contribution in [0.25, 0.3) is 0 Å². The van der Waals surface area contributed by atoms with Crippen LogP contribution in [0.4, 0.5) is 5.69 Å². The molecule has 2 rings (SSSR count). The molecule has 104 valence electrons. The SMILES string of the molecule is COC(=O)c1cccc(OCCc2ccccn2)c1N. The van der Waals surface area contributed by atoms with Crippen molar-refractivity contribution in [3.63, 3.8) is 0 Å². The minimum absolute atomic E-state index is 0.292. The molecule has 20 heavy (non-hydrogen) atoms. The Bertz CT molecular complexity index is 585. The first-order valence-corrected chi connectivity index (χ1v) is 6.22. The van der Waals surface area contributed by atoms with Crippen molar-refractivity contribution in [2.45, 2.75) is 6.42 Å². The molecule has 1 aromatic heterocycles. The maximum Gasteiger partial charge on any atom is 0.340 e. The Labute approximate surface area is 117 Å². The molecule has 0 fully saturated rings. The van der Waals surface area contributed by atoms with Gasteiger partial charge in [0.15, 0.2) is 0 Å². The van der Waals surface area contributed by atoms with Gasteiger partial charge in [0.1, 0.15) is 5.75 Å². The lowest BCUT2D eigenvalue weighted by Gasteiger charge is -2.11. The maximum absolute atomic E-state index is 11.5. The zero-order valence-electron chi connectivity index (χ0n) is 11.2. The molecule has 0 radical (unpaired) electrons. The fourth-order valence-corrected chi connectivity index (χ4v) is 1.77. The summed E-state index contributed by atoms with van der Waals surface area (Å²) in [6, 6.07) is 10.8. The second kappa shape index (κ2) is 6.56. The molecule has 5 heteroatoms. The number of aromatic nitrogens is 1. The Kier molecular flexibility index (Phi) is 4.55. The molecule has 2 N–H and O–H groups in total. The highest BCUT2D eigenvalue weighted by atomic mass is 16.5. The summed E-state index contributed by atoms with van der Waals surface area (Å²) in [6.45, 7) is 0.436. The van der Waals surface area contributed by atoms with E-state index in [1.165, 1.54) is 7.11 Å². The van der Waals surface area contributed by atoms with Crippen LogP contribution in [0.5, 0.6) is 5.75 Å². The van der Waals surface area contributed by atoms with Crippen LogP contribution in [0.3, 0.4) is 0 Å². The zero-order valence-corrected chi connectivity index (χ0v) is 11.2. The summed E-state index contributed by atoms with van der Waals surface area (Å²) in [6.07, 6.45) is 2.41. The highest BCUT2D eigenvalue weighted by Crippen LogP contribution is 2.25. The number of pyridine rings is 1. The number of rotatable bonds is 5. The van der Waals surface area contributed by atoms with E-state index >= 15 is 0 Å². The van der Waals surface area contributed by atoms with E-state index in [1.807, 2.05) is 18.2 Å². The summed E-state index contributed by atoms with van der Waals surface area (Å²) in [4.78, 5) is 15.7. The van der Waals surface area contributed by atoms with Crippen LogP contribution >= 0.6 is 0 Å². The van der Waals surface area contributed by atoms with Crippen LogP contribution in [0, 0.1) is 0 Å². The first-order valence-electron chi connectivity index (χ1n) is 6.22. The molecule has 0 aliphatic carbocycles. The number of carbonyl (C=O) groups excluding carboxylic acids is 1. The van der Waals surface area contributed by atoms with Gasteiger partial charge in [-0.05, 0) is 24.3 Å². The summed E-state index contributed by atoms with van der Waals surface area (Å²) in [5, 5.41) is 0. The monoisotopic (exact) mass is 272 g/mol. The molecule has 0 saturated carbocycles. The number of nitrogens with zero attached hydrogens (tertiary/aromatic N) is 1. The van der Waals surface area contributed by atoms with Crippen molar-refractivity contribution in [3.05, 3.63) is 53.9 Å². The molecule has 0 aliphatic heterocycles. The Morgan fingerprint density at radius 3 is 2.80 bits per heavy atom. The number of para-hydroxylation sites is 1. The van der Waals surface area contributed by atoms with Crippen molar-refractivity contribution in [2.24, 2.45) is 0 Å². The lowest BCUT2D eigenvalue weighted by atomic mass is 10.1. The normalized spacial score (nSPS) is 10.1. The summed E-state index contributed by atoms with van der Waals surface area (Å²) >= 11 is 0. The number of hydrogen-bond acceptors (Lipinski definition) is 5. The van der Waals surface area contributed by atoms with Crippen LogP contribution in [-0.2, 0) is 11.2 Å². The van der Waals surface area contributed by atoms with Crippen molar-refractivity contribution >= 4 is 11.7 Å². The average molecular weight is 272 g/mol. The third kappa shape index (κ3) is 3.26. The van der Waals surface area contributed by atoms with Gasteiger partial charge in [-0.2, -0.15) is 0 Å². The molecule has 0 unspecified atom stereocenters. The maximum atomic E-state index is 11.5. The van der Waals surface area contributed by atoms with E-state index in [0.29, 0.717) is 30.0 Å². The number of ether oxygens (including phenoxy) is 2. The predicted molar refractivity (Wildman–Crippen MR) is 75.6 cm³/mol. The summed E-state index contributed by atoms with van der Waals surface area (Å²) in [7, 11) is 1.32. The van der Waals surface area contributed by atoms with Crippen LogP contribution in [0.2, 0.25) is 0 Å². The van der Waals surface area contributed by atoms with E-state index in [0.717, 1.165) is 5.69 Å². The quantitative estimate of drug-likeness (QED) is 0.666.